The fourth-order valence-electron chi connectivity index (χ4n) is 4.42. The molecule has 2 heterocycles. The molecule has 0 fully saturated rings. The van der Waals surface area contributed by atoms with Gasteiger partial charge in [-0.05, 0) is 47.2 Å². The van der Waals surface area contributed by atoms with Crippen LogP contribution in [0.15, 0.2) is 48.7 Å². The van der Waals surface area contributed by atoms with E-state index in [2.05, 4.69) is 68.1 Å². The third-order valence-corrected chi connectivity index (χ3v) is 5.66. The number of rotatable bonds is 1. The van der Waals surface area contributed by atoms with E-state index in [1.807, 2.05) is 12.1 Å². The lowest BCUT2D eigenvalue weighted by molar-refractivity contribution is -0.659. The molecule has 1 aliphatic heterocycles. The maximum atomic E-state index is 9.43. The number of hydrogen-bond acceptors (Lipinski definition) is 2. The maximum absolute atomic E-state index is 9.43. The Kier molecular flexibility index (Phi) is 3.26. The fraction of sp³-hybridized carbons (Fsp3) is 0.167. The second-order valence-electron chi connectivity index (χ2n) is 7.13. The van der Waals surface area contributed by atoms with Crippen LogP contribution < -0.4 is 9.30 Å². The van der Waals surface area contributed by atoms with E-state index in [-0.39, 0.29) is 0 Å². The van der Waals surface area contributed by atoms with Gasteiger partial charge in [-0.15, -0.1) is 0 Å². The predicted molar refractivity (Wildman–Crippen MR) is 107 cm³/mol. The minimum absolute atomic E-state index is 0.622. The lowest BCUT2D eigenvalue weighted by Crippen LogP contribution is -2.32. The molecule has 1 aromatic heterocycles. The van der Waals surface area contributed by atoms with E-state index in [4.69, 9.17) is 4.74 Å². The van der Waals surface area contributed by atoms with Gasteiger partial charge in [0.15, 0.2) is 6.20 Å². The van der Waals surface area contributed by atoms with Gasteiger partial charge >= 0.3 is 0 Å². The first-order valence-corrected chi connectivity index (χ1v) is 9.23. The molecule has 0 amide bonds. The molecular weight excluding hydrogens is 332 g/mol. The van der Waals surface area contributed by atoms with Gasteiger partial charge in [0.25, 0.3) is 0 Å². The minimum Gasteiger partial charge on any atom is -0.455 e. The van der Waals surface area contributed by atoms with Crippen LogP contribution in [0.5, 0.6) is 11.5 Å². The number of benzene rings is 3. The molecule has 0 bridgehead atoms. The summed E-state index contributed by atoms with van der Waals surface area (Å²) in [6.45, 7) is 4.35. The average Bonchev–Trinajstić information content (AvgIpc) is 2.70. The number of hydrogen-bond donors (Lipinski definition) is 0. The molecule has 0 atom stereocenters. The van der Waals surface area contributed by atoms with Gasteiger partial charge in [-0.1, -0.05) is 31.2 Å². The third-order valence-electron chi connectivity index (χ3n) is 5.66. The van der Waals surface area contributed by atoms with Crippen molar-refractivity contribution in [3.8, 4) is 28.8 Å². The summed E-state index contributed by atoms with van der Waals surface area (Å²) in [5.41, 5.74) is 5.39. The van der Waals surface area contributed by atoms with Crippen LogP contribution in [0.25, 0.3) is 32.8 Å². The Morgan fingerprint density at radius 3 is 2.63 bits per heavy atom. The number of aromatic nitrogens is 1. The van der Waals surface area contributed by atoms with Gasteiger partial charge in [0.2, 0.25) is 5.69 Å². The molecule has 27 heavy (non-hydrogen) atoms. The zero-order valence-corrected chi connectivity index (χ0v) is 15.6. The Hall–Kier alpha value is -3.38. The highest BCUT2D eigenvalue weighted by atomic mass is 16.5. The van der Waals surface area contributed by atoms with E-state index in [9.17, 15) is 5.26 Å². The summed E-state index contributed by atoms with van der Waals surface area (Å²) in [6.07, 6.45) is 2.95. The Morgan fingerprint density at radius 2 is 1.89 bits per heavy atom. The van der Waals surface area contributed by atoms with Gasteiger partial charge in [0.1, 0.15) is 18.5 Å². The monoisotopic (exact) mass is 351 g/mol. The molecule has 4 aromatic rings. The van der Waals surface area contributed by atoms with E-state index in [0.717, 1.165) is 39.9 Å². The number of ether oxygens (including phenoxy) is 1. The van der Waals surface area contributed by atoms with Gasteiger partial charge in [0, 0.05) is 11.6 Å². The van der Waals surface area contributed by atoms with Gasteiger partial charge in [-0.2, -0.15) is 5.26 Å². The largest absolute Gasteiger partial charge is 0.455 e. The smallest absolute Gasteiger partial charge is 0.228 e. The lowest BCUT2D eigenvalue weighted by Gasteiger charge is -2.24. The van der Waals surface area contributed by atoms with Crippen LogP contribution in [0.2, 0.25) is 0 Å². The summed E-state index contributed by atoms with van der Waals surface area (Å²) in [7, 11) is 2.08. The molecule has 130 valence electrons. The molecule has 0 radical (unpaired) electrons. The van der Waals surface area contributed by atoms with Gasteiger partial charge in [-0.3, -0.25) is 0 Å². The average molecular weight is 351 g/mol. The second kappa shape index (κ2) is 5.56. The second-order valence-corrected chi connectivity index (χ2v) is 7.13. The zero-order valence-electron chi connectivity index (χ0n) is 15.6. The first-order valence-electron chi connectivity index (χ1n) is 9.23. The highest BCUT2D eigenvalue weighted by Gasteiger charge is 2.32. The van der Waals surface area contributed by atoms with Gasteiger partial charge < -0.3 is 4.74 Å². The molecule has 3 nitrogen and oxygen atoms in total. The molecule has 3 heteroatoms. The number of aryl methyl sites for hydroxylation is 3. The van der Waals surface area contributed by atoms with Crippen molar-refractivity contribution in [1.82, 2.24) is 0 Å². The van der Waals surface area contributed by atoms with Crippen LogP contribution in [-0.2, 0) is 13.5 Å². The molecule has 3 aromatic carbocycles. The van der Waals surface area contributed by atoms with Crippen molar-refractivity contribution >= 4 is 21.5 Å². The number of nitriles is 1. The van der Waals surface area contributed by atoms with Crippen molar-refractivity contribution < 1.29 is 9.30 Å². The summed E-state index contributed by atoms with van der Waals surface area (Å²) in [4.78, 5) is 0. The molecule has 1 aliphatic rings. The fourth-order valence-corrected chi connectivity index (χ4v) is 4.42. The van der Waals surface area contributed by atoms with Crippen molar-refractivity contribution in [2.24, 2.45) is 7.05 Å². The van der Waals surface area contributed by atoms with Crippen molar-refractivity contribution in [1.29, 1.82) is 5.26 Å². The highest BCUT2D eigenvalue weighted by Crippen LogP contribution is 2.50. The molecule has 0 unspecified atom stereocenters. The van der Waals surface area contributed by atoms with Crippen LogP contribution in [0.4, 0.5) is 0 Å². The minimum atomic E-state index is 0.622. The van der Waals surface area contributed by atoms with Crippen LogP contribution in [0.3, 0.4) is 0 Å². The summed E-state index contributed by atoms with van der Waals surface area (Å²) in [5.74, 6) is 1.70. The molecule has 5 rings (SSSR count). The van der Waals surface area contributed by atoms with E-state index in [1.54, 1.807) is 0 Å². The summed E-state index contributed by atoms with van der Waals surface area (Å²) < 4.78 is 8.66. The topological polar surface area (TPSA) is 36.9 Å². The van der Waals surface area contributed by atoms with Crippen molar-refractivity contribution in [2.75, 3.05) is 0 Å². The Morgan fingerprint density at radius 1 is 1.11 bits per heavy atom. The standard InChI is InChI=1S/C24H19N2O/c1-4-17-19-8-6-5-7-18(19)14(2)21-23-22-16(9-10-26(23)3)11-15(13-25)12-20(22)27-24(17)21/h5-12H,4H2,1-3H3/q+1. The van der Waals surface area contributed by atoms with E-state index in [0.29, 0.717) is 5.56 Å². The van der Waals surface area contributed by atoms with Crippen molar-refractivity contribution in [2.45, 2.75) is 20.3 Å². The number of fused-ring (bicyclic) bond motifs is 3. The number of nitrogens with zero attached hydrogens (tertiary/aromatic N) is 2. The van der Waals surface area contributed by atoms with Crippen LogP contribution in [0, 0.1) is 18.3 Å². The Bertz CT molecular complexity index is 1310. The number of pyridine rings is 1. The third kappa shape index (κ3) is 2.04. The van der Waals surface area contributed by atoms with Crippen LogP contribution >= 0.6 is 0 Å². The molecule has 0 aliphatic carbocycles. The Balaban J connectivity index is 2.03. The highest BCUT2D eigenvalue weighted by molar-refractivity contribution is 6.06. The summed E-state index contributed by atoms with van der Waals surface area (Å²) >= 11 is 0. The summed E-state index contributed by atoms with van der Waals surface area (Å²) in [5, 5.41) is 14.1. The molecular formula is C24H19N2O+. The molecule has 0 spiro atoms. The quantitative estimate of drug-likeness (QED) is 0.383. The first kappa shape index (κ1) is 15.8. The van der Waals surface area contributed by atoms with E-state index in [1.165, 1.54) is 21.9 Å². The first-order chi connectivity index (χ1) is 13.1. The SMILES string of the molecule is CCc1c2c(c(C)c3ccccc13)-c1c3c(cc(C#N)cc3cc[n+]1C)O2. The Labute approximate surface area is 158 Å². The normalized spacial score (nSPS) is 11.9. The molecule has 0 saturated heterocycles. The predicted octanol–water partition coefficient (Wildman–Crippen LogP) is 5.33. The van der Waals surface area contributed by atoms with Gasteiger partial charge in [-0.25, -0.2) is 4.57 Å². The van der Waals surface area contributed by atoms with Crippen molar-refractivity contribution in [3.05, 3.63) is 65.4 Å². The summed E-state index contributed by atoms with van der Waals surface area (Å²) in [6, 6.07) is 16.7. The lowest BCUT2D eigenvalue weighted by atomic mass is 9.88. The molecule has 0 saturated carbocycles. The van der Waals surface area contributed by atoms with Crippen LogP contribution in [0.1, 0.15) is 23.6 Å². The maximum Gasteiger partial charge on any atom is 0.228 e. The van der Waals surface area contributed by atoms with Gasteiger partial charge in [0.05, 0.1) is 22.6 Å². The van der Waals surface area contributed by atoms with Crippen molar-refractivity contribution in [3.63, 3.8) is 0 Å². The zero-order chi connectivity index (χ0) is 18.7. The van der Waals surface area contributed by atoms with E-state index >= 15 is 0 Å². The molecule has 0 N–H and O–H groups in total. The van der Waals surface area contributed by atoms with E-state index < -0.39 is 0 Å². The van der Waals surface area contributed by atoms with Crippen LogP contribution in [-0.4, -0.2) is 0 Å².